The van der Waals surface area contributed by atoms with E-state index in [4.69, 9.17) is 0 Å². The van der Waals surface area contributed by atoms with Crippen LogP contribution in [0.4, 0.5) is 0 Å². The first-order chi connectivity index (χ1) is 19.4. The maximum absolute atomic E-state index is 13.4. The number of para-hydroxylation sites is 2. The van der Waals surface area contributed by atoms with Gasteiger partial charge in [0.25, 0.3) is 0 Å². The second kappa shape index (κ2) is 12.1. The van der Waals surface area contributed by atoms with Gasteiger partial charge in [-0.25, -0.2) is 0 Å². The standard InChI is InChI=1S/C31H30N4O5/c36-25-13-3-1-9-21(25)29-27(38)19-34(31(29)24-12-6-8-16-33-24)17-18-35(20-28(39)40)30(23-11-5-7-15-32-23)22-10-2-4-14-26(22)37/h1-16,29-31,36-37H,17-20H2,(H,39,40). The second-order valence-corrected chi connectivity index (χ2v) is 9.75. The molecule has 5 rings (SSSR count). The number of rotatable bonds is 10. The van der Waals surface area contributed by atoms with Gasteiger partial charge in [-0.1, -0.05) is 48.5 Å². The zero-order valence-corrected chi connectivity index (χ0v) is 21.7. The first-order valence-electron chi connectivity index (χ1n) is 13.0. The molecular weight excluding hydrogens is 508 g/mol. The highest BCUT2D eigenvalue weighted by molar-refractivity contribution is 5.91. The van der Waals surface area contributed by atoms with Crippen molar-refractivity contribution in [3.63, 3.8) is 0 Å². The third-order valence-corrected chi connectivity index (χ3v) is 7.25. The van der Waals surface area contributed by atoms with Gasteiger partial charge in [-0.3, -0.25) is 29.4 Å². The summed E-state index contributed by atoms with van der Waals surface area (Å²) < 4.78 is 0. The molecular formula is C31H30N4O5. The Balaban J connectivity index is 1.50. The van der Waals surface area contributed by atoms with Crippen molar-refractivity contribution in [1.82, 2.24) is 19.8 Å². The number of likely N-dealkylation sites (tertiary alicyclic amines) is 1. The quantitative estimate of drug-likeness (QED) is 0.276. The van der Waals surface area contributed by atoms with Gasteiger partial charge in [-0.05, 0) is 36.4 Å². The number of carboxylic acid groups (broad SMARTS) is 1. The number of phenols is 2. The lowest BCUT2D eigenvalue weighted by atomic mass is 9.88. The molecule has 3 heterocycles. The number of carboxylic acids is 1. The molecule has 40 heavy (non-hydrogen) atoms. The van der Waals surface area contributed by atoms with E-state index in [1.54, 1.807) is 84.0 Å². The Morgan fingerprint density at radius 3 is 2.23 bits per heavy atom. The van der Waals surface area contributed by atoms with Crippen LogP contribution in [0.1, 0.15) is 40.5 Å². The van der Waals surface area contributed by atoms with Crippen LogP contribution < -0.4 is 0 Å². The minimum absolute atomic E-state index is 0.0378. The highest BCUT2D eigenvalue weighted by atomic mass is 16.4. The van der Waals surface area contributed by atoms with E-state index >= 15 is 0 Å². The number of aromatic nitrogens is 2. The number of aromatic hydroxyl groups is 2. The summed E-state index contributed by atoms with van der Waals surface area (Å²) >= 11 is 0. The third kappa shape index (κ3) is 5.70. The fraction of sp³-hybridized carbons (Fsp3) is 0.226. The van der Waals surface area contributed by atoms with E-state index in [1.807, 2.05) is 23.1 Å². The maximum Gasteiger partial charge on any atom is 0.317 e. The number of hydrogen-bond donors (Lipinski definition) is 3. The van der Waals surface area contributed by atoms with E-state index in [1.165, 1.54) is 0 Å². The number of nitrogens with zero attached hydrogens (tertiary/aromatic N) is 4. The molecule has 9 nitrogen and oxygen atoms in total. The van der Waals surface area contributed by atoms with Crippen LogP contribution in [-0.2, 0) is 9.59 Å². The van der Waals surface area contributed by atoms with E-state index in [2.05, 4.69) is 9.97 Å². The second-order valence-electron chi connectivity index (χ2n) is 9.75. The molecule has 1 saturated heterocycles. The summed E-state index contributed by atoms with van der Waals surface area (Å²) in [5.41, 5.74) is 2.35. The van der Waals surface area contributed by atoms with Crippen LogP contribution in [0.3, 0.4) is 0 Å². The molecule has 3 unspecified atom stereocenters. The summed E-state index contributed by atoms with van der Waals surface area (Å²) in [6.07, 6.45) is 3.30. The number of carbonyl (C=O) groups excluding carboxylic acids is 1. The van der Waals surface area contributed by atoms with Crippen molar-refractivity contribution in [2.45, 2.75) is 18.0 Å². The molecule has 0 saturated carbocycles. The zero-order valence-electron chi connectivity index (χ0n) is 21.7. The van der Waals surface area contributed by atoms with Gasteiger partial charge < -0.3 is 15.3 Å². The van der Waals surface area contributed by atoms with Crippen LogP contribution in [-0.4, -0.2) is 73.0 Å². The number of benzene rings is 2. The van der Waals surface area contributed by atoms with Crippen LogP contribution in [0, 0.1) is 0 Å². The van der Waals surface area contributed by atoms with E-state index < -0.39 is 24.0 Å². The minimum Gasteiger partial charge on any atom is -0.508 e. The number of hydrogen-bond acceptors (Lipinski definition) is 8. The van der Waals surface area contributed by atoms with Crippen LogP contribution >= 0.6 is 0 Å². The van der Waals surface area contributed by atoms with Gasteiger partial charge in [-0.15, -0.1) is 0 Å². The minimum atomic E-state index is -1.03. The molecule has 3 atom stereocenters. The highest BCUT2D eigenvalue weighted by Gasteiger charge is 2.44. The predicted octanol–water partition coefficient (Wildman–Crippen LogP) is 3.77. The van der Waals surface area contributed by atoms with Gasteiger partial charge >= 0.3 is 5.97 Å². The maximum atomic E-state index is 13.4. The van der Waals surface area contributed by atoms with Crippen molar-refractivity contribution >= 4 is 11.8 Å². The van der Waals surface area contributed by atoms with E-state index in [0.29, 0.717) is 29.1 Å². The number of phenolic OH excluding ortho intramolecular Hbond substituents is 2. The lowest BCUT2D eigenvalue weighted by molar-refractivity contribution is -0.138. The molecule has 1 aliphatic rings. The molecule has 4 aromatic rings. The molecule has 0 amide bonds. The highest BCUT2D eigenvalue weighted by Crippen LogP contribution is 2.44. The topological polar surface area (TPSA) is 127 Å². The Morgan fingerprint density at radius 1 is 0.900 bits per heavy atom. The van der Waals surface area contributed by atoms with Crippen LogP contribution in [0.5, 0.6) is 11.5 Å². The summed E-state index contributed by atoms with van der Waals surface area (Å²) in [4.78, 5) is 38.2. The molecule has 3 N–H and O–H groups in total. The Hall–Kier alpha value is -4.60. The summed E-state index contributed by atoms with van der Waals surface area (Å²) in [5.74, 6) is -1.62. The normalized spacial score (nSPS) is 18.2. The van der Waals surface area contributed by atoms with Crippen molar-refractivity contribution < 1.29 is 24.9 Å². The third-order valence-electron chi connectivity index (χ3n) is 7.25. The molecule has 0 radical (unpaired) electrons. The lowest BCUT2D eigenvalue weighted by Crippen LogP contribution is -2.41. The summed E-state index contributed by atoms with van der Waals surface area (Å²) in [6.45, 7) is 0.397. The van der Waals surface area contributed by atoms with Crippen molar-refractivity contribution in [2.75, 3.05) is 26.2 Å². The lowest BCUT2D eigenvalue weighted by Gasteiger charge is -2.34. The molecule has 9 heteroatoms. The van der Waals surface area contributed by atoms with Crippen LogP contribution in [0.15, 0.2) is 97.3 Å². The molecule has 2 aromatic carbocycles. The Morgan fingerprint density at radius 2 is 1.57 bits per heavy atom. The Labute approximate surface area is 232 Å². The molecule has 1 aliphatic heterocycles. The van der Waals surface area contributed by atoms with E-state index in [-0.39, 0.29) is 36.9 Å². The van der Waals surface area contributed by atoms with Crippen molar-refractivity contribution in [1.29, 1.82) is 0 Å². The smallest absolute Gasteiger partial charge is 0.317 e. The van der Waals surface area contributed by atoms with Gasteiger partial charge in [-0.2, -0.15) is 0 Å². The van der Waals surface area contributed by atoms with Crippen molar-refractivity contribution in [3.8, 4) is 11.5 Å². The average Bonchev–Trinajstić information content (AvgIpc) is 3.29. The number of aliphatic carboxylic acids is 1. The van der Waals surface area contributed by atoms with Crippen molar-refractivity contribution in [2.24, 2.45) is 0 Å². The summed E-state index contributed by atoms with van der Waals surface area (Å²) in [7, 11) is 0. The van der Waals surface area contributed by atoms with E-state index in [9.17, 15) is 24.9 Å². The number of ketones is 1. The SMILES string of the molecule is O=C(O)CN(CCN1CC(=O)C(c2ccccc2O)C1c1ccccn1)C(c1ccccn1)c1ccccc1O. The van der Waals surface area contributed by atoms with E-state index in [0.717, 1.165) is 0 Å². The van der Waals surface area contributed by atoms with Gasteiger partial charge in [0.1, 0.15) is 11.5 Å². The molecule has 2 aromatic heterocycles. The monoisotopic (exact) mass is 538 g/mol. The summed E-state index contributed by atoms with van der Waals surface area (Å²) in [5, 5.41) is 31.2. The largest absolute Gasteiger partial charge is 0.508 e. The van der Waals surface area contributed by atoms with Crippen LogP contribution in [0.2, 0.25) is 0 Å². The summed E-state index contributed by atoms with van der Waals surface area (Å²) in [6, 6.07) is 23.5. The molecule has 0 aliphatic carbocycles. The molecule has 1 fully saturated rings. The first kappa shape index (κ1) is 27.0. The van der Waals surface area contributed by atoms with Crippen LogP contribution in [0.25, 0.3) is 0 Å². The Kier molecular flexibility index (Phi) is 8.14. The number of pyridine rings is 2. The number of Topliss-reactive ketones (excluding diaryl/α,β-unsaturated/α-hetero) is 1. The molecule has 204 valence electrons. The predicted molar refractivity (Wildman–Crippen MR) is 148 cm³/mol. The fourth-order valence-electron chi connectivity index (χ4n) is 5.53. The average molecular weight is 539 g/mol. The van der Waals surface area contributed by atoms with Crippen molar-refractivity contribution in [3.05, 3.63) is 120 Å². The van der Waals surface area contributed by atoms with Gasteiger partial charge in [0, 0.05) is 36.6 Å². The van der Waals surface area contributed by atoms with Gasteiger partial charge in [0.15, 0.2) is 5.78 Å². The number of carbonyl (C=O) groups is 2. The van der Waals surface area contributed by atoms with Gasteiger partial charge in [0.2, 0.25) is 0 Å². The first-order valence-corrected chi connectivity index (χ1v) is 13.0. The molecule has 0 bridgehead atoms. The molecule has 0 spiro atoms. The zero-order chi connectivity index (χ0) is 28.1. The Bertz CT molecular complexity index is 1470. The van der Waals surface area contributed by atoms with Gasteiger partial charge in [0.05, 0.1) is 42.5 Å². The fourth-order valence-corrected chi connectivity index (χ4v) is 5.53.